The lowest BCUT2D eigenvalue weighted by atomic mass is 10.1. The van der Waals surface area contributed by atoms with E-state index in [9.17, 15) is 4.79 Å². The number of fused-ring (bicyclic) bond motifs is 1. The smallest absolute Gasteiger partial charge is 0.251 e. The molecule has 120 valence electrons. The summed E-state index contributed by atoms with van der Waals surface area (Å²) in [4.78, 5) is 12.3. The van der Waals surface area contributed by atoms with Gasteiger partial charge in [0.25, 0.3) is 5.91 Å². The third kappa shape index (κ3) is 3.39. The molecule has 0 aromatic heterocycles. The summed E-state index contributed by atoms with van der Waals surface area (Å²) in [6, 6.07) is 14.3. The normalized spacial score (nSPS) is 17.2. The highest BCUT2D eigenvalue weighted by molar-refractivity contribution is 5.94. The molecular weight excluding hydrogens is 294 g/mol. The van der Waals surface area contributed by atoms with Crippen LogP contribution in [0, 0.1) is 0 Å². The first-order valence-electron chi connectivity index (χ1n) is 7.51. The molecule has 5 heteroatoms. The van der Waals surface area contributed by atoms with Crippen LogP contribution in [-0.2, 0) is 0 Å². The van der Waals surface area contributed by atoms with Gasteiger partial charge >= 0.3 is 0 Å². The molecule has 0 fully saturated rings. The van der Waals surface area contributed by atoms with E-state index in [2.05, 4.69) is 5.32 Å². The Labute approximate surface area is 135 Å². The van der Waals surface area contributed by atoms with Crippen LogP contribution in [0.1, 0.15) is 17.3 Å². The van der Waals surface area contributed by atoms with Gasteiger partial charge in [-0.3, -0.25) is 4.79 Å². The quantitative estimate of drug-likeness (QED) is 0.943. The molecule has 0 saturated heterocycles. The van der Waals surface area contributed by atoms with Gasteiger partial charge in [-0.15, -0.1) is 0 Å². The minimum atomic E-state index is -0.230. The van der Waals surface area contributed by atoms with Gasteiger partial charge in [0.05, 0.1) is 13.2 Å². The van der Waals surface area contributed by atoms with Gasteiger partial charge in [-0.1, -0.05) is 12.1 Å². The van der Waals surface area contributed by atoms with Crippen molar-refractivity contribution in [3.8, 4) is 17.2 Å². The third-order valence-corrected chi connectivity index (χ3v) is 3.80. The van der Waals surface area contributed by atoms with Crippen LogP contribution in [0.4, 0.5) is 0 Å². The van der Waals surface area contributed by atoms with Crippen molar-refractivity contribution >= 4 is 5.91 Å². The van der Waals surface area contributed by atoms with Crippen LogP contribution in [0.2, 0.25) is 0 Å². The summed E-state index contributed by atoms with van der Waals surface area (Å²) >= 11 is 0. The number of methoxy groups -OCH3 is 1. The van der Waals surface area contributed by atoms with E-state index in [0.717, 1.165) is 11.5 Å². The number of ether oxygens (including phenoxy) is 3. The van der Waals surface area contributed by atoms with Crippen molar-refractivity contribution in [2.75, 3.05) is 13.7 Å². The molecule has 0 aliphatic carbocycles. The molecule has 1 heterocycles. The van der Waals surface area contributed by atoms with Crippen molar-refractivity contribution in [2.24, 2.45) is 0 Å². The number of para-hydroxylation sites is 2. The van der Waals surface area contributed by atoms with Gasteiger partial charge in [-0.05, 0) is 43.3 Å². The van der Waals surface area contributed by atoms with Gasteiger partial charge in [0.15, 0.2) is 17.6 Å². The van der Waals surface area contributed by atoms with E-state index in [-0.39, 0.29) is 18.1 Å². The summed E-state index contributed by atoms with van der Waals surface area (Å²) in [5.41, 5.74) is 0.578. The molecule has 1 amide bonds. The number of hydrogen-bond acceptors (Lipinski definition) is 4. The van der Waals surface area contributed by atoms with Crippen molar-refractivity contribution < 1.29 is 19.0 Å². The van der Waals surface area contributed by atoms with E-state index in [1.165, 1.54) is 0 Å². The fourth-order valence-corrected chi connectivity index (χ4v) is 2.41. The maximum Gasteiger partial charge on any atom is 0.251 e. The van der Waals surface area contributed by atoms with E-state index in [0.29, 0.717) is 17.9 Å². The highest BCUT2D eigenvalue weighted by atomic mass is 16.6. The maximum atomic E-state index is 12.3. The van der Waals surface area contributed by atoms with Crippen LogP contribution >= 0.6 is 0 Å². The van der Waals surface area contributed by atoms with Crippen LogP contribution in [0.3, 0.4) is 0 Å². The molecule has 1 aliphatic rings. The van der Waals surface area contributed by atoms with E-state index < -0.39 is 0 Å². The summed E-state index contributed by atoms with van der Waals surface area (Å²) in [6.45, 7) is 2.31. The van der Waals surface area contributed by atoms with Crippen LogP contribution in [-0.4, -0.2) is 31.8 Å². The Morgan fingerprint density at radius 1 is 1.17 bits per heavy atom. The Morgan fingerprint density at radius 3 is 2.57 bits per heavy atom. The van der Waals surface area contributed by atoms with Gasteiger partial charge in [0, 0.05) is 5.56 Å². The summed E-state index contributed by atoms with van der Waals surface area (Å²) < 4.78 is 16.7. The van der Waals surface area contributed by atoms with Gasteiger partial charge < -0.3 is 19.5 Å². The Hall–Kier alpha value is -2.69. The Morgan fingerprint density at radius 2 is 1.87 bits per heavy atom. The van der Waals surface area contributed by atoms with Crippen molar-refractivity contribution in [1.82, 2.24) is 5.32 Å². The van der Waals surface area contributed by atoms with E-state index in [1.54, 1.807) is 31.4 Å². The predicted octanol–water partition coefficient (Wildman–Crippen LogP) is 2.65. The number of nitrogens with one attached hydrogen (secondary N) is 1. The van der Waals surface area contributed by atoms with Crippen molar-refractivity contribution in [2.45, 2.75) is 19.1 Å². The highest BCUT2D eigenvalue weighted by Crippen LogP contribution is 2.31. The molecule has 0 radical (unpaired) electrons. The molecule has 2 aromatic carbocycles. The average Bonchev–Trinajstić information content (AvgIpc) is 2.61. The lowest BCUT2D eigenvalue weighted by Gasteiger charge is -2.30. The summed E-state index contributed by atoms with van der Waals surface area (Å²) in [6.07, 6.45) is -0.230. The number of hydrogen-bond donors (Lipinski definition) is 1. The highest BCUT2D eigenvalue weighted by Gasteiger charge is 2.27. The zero-order valence-electron chi connectivity index (χ0n) is 13.1. The van der Waals surface area contributed by atoms with Crippen molar-refractivity contribution in [3.05, 3.63) is 54.1 Å². The lowest BCUT2D eigenvalue weighted by molar-refractivity contribution is 0.0606. The molecule has 5 nitrogen and oxygen atoms in total. The lowest BCUT2D eigenvalue weighted by Crippen LogP contribution is -2.48. The fourth-order valence-electron chi connectivity index (χ4n) is 2.41. The largest absolute Gasteiger partial charge is 0.497 e. The van der Waals surface area contributed by atoms with Crippen LogP contribution in [0.5, 0.6) is 17.2 Å². The first-order valence-corrected chi connectivity index (χ1v) is 7.51. The standard InChI is InChI=1S/C18H19NO4/c1-12(17-11-22-15-5-3-4-6-16(15)23-17)19-18(20)13-7-9-14(21-2)10-8-13/h3-10,12,17H,11H2,1-2H3,(H,19,20)/t12-,17-/m1/s1. The monoisotopic (exact) mass is 313 g/mol. The first-order chi connectivity index (χ1) is 11.2. The Bertz CT molecular complexity index is 684. The molecule has 2 atom stereocenters. The van der Waals surface area contributed by atoms with E-state index in [1.807, 2.05) is 31.2 Å². The van der Waals surface area contributed by atoms with Gasteiger partial charge in [0.2, 0.25) is 0 Å². The molecule has 1 N–H and O–H groups in total. The van der Waals surface area contributed by atoms with E-state index in [4.69, 9.17) is 14.2 Å². The zero-order chi connectivity index (χ0) is 16.2. The second-order valence-electron chi connectivity index (χ2n) is 5.40. The van der Waals surface area contributed by atoms with Crippen LogP contribution in [0.25, 0.3) is 0 Å². The molecule has 0 spiro atoms. The molecule has 3 rings (SSSR count). The van der Waals surface area contributed by atoms with Crippen LogP contribution < -0.4 is 19.5 Å². The topological polar surface area (TPSA) is 56.8 Å². The second kappa shape index (κ2) is 6.60. The Balaban J connectivity index is 1.62. The molecular formula is C18H19NO4. The minimum Gasteiger partial charge on any atom is -0.497 e. The second-order valence-corrected chi connectivity index (χ2v) is 5.40. The number of carbonyl (C=O) groups is 1. The van der Waals surface area contributed by atoms with Crippen molar-refractivity contribution in [3.63, 3.8) is 0 Å². The maximum absolute atomic E-state index is 12.3. The number of rotatable bonds is 4. The Kier molecular flexibility index (Phi) is 4.37. The number of benzene rings is 2. The average molecular weight is 313 g/mol. The summed E-state index contributed by atoms with van der Waals surface area (Å²) in [5, 5.41) is 2.95. The van der Waals surface area contributed by atoms with Crippen LogP contribution in [0.15, 0.2) is 48.5 Å². The zero-order valence-corrected chi connectivity index (χ0v) is 13.1. The molecule has 1 aliphatic heterocycles. The number of amides is 1. The SMILES string of the molecule is COc1ccc(C(=O)N[C@H](C)[C@H]2COc3ccccc3O2)cc1. The van der Waals surface area contributed by atoms with Gasteiger partial charge in [-0.25, -0.2) is 0 Å². The van der Waals surface area contributed by atoms with Gasteiger partial charge in [0.1, 0.15) is 12.4 Å². The molecule has 0 unspecified atom stereocenters. The molecule has 0 saturated carbocycles. The molecule has 0 bridgehead atoms. The van der Waals surface area contributed by atoms with Crippen molar-refractivity contribution in [1.29, 1.82) is 0 Å². The van der Waals surface area contributed by atoms with E-state index >= 15 is 0 Å². The third-order valence-electron chi connectivity index (χ3n) is 3.80. The summed E-state index contributed by atoms with van der Waals surface area (Å²) in [5.74, 6) is 2.00. The van der Waals surface area contributed by atoms with Gasteiger partial charge in [-0.2, -0.15) is 0 Å². The summed E-state index contributed by atoms with van der Waals surface area (Å²) in [7, 11) is 1.59. The molecule has 23 heavy (non-hydrogen) atoms. The minimum absolute atomic E-state index is 0.150. The first kappa shape index (κ1) is 15.2. The predicted molar refractivity (Wildman–Crippen MR) is 86.3 cm³/mol. The fraction of sp³-hybridized carbons (Fsp3) is 0.278. The number of carbonyl (C=O) groups excluding carboxylic acids is 1. The molecule has 2 aromatic rings.